The van der Waals surface area contributed by atoms with E-state index >= 15 is 0 Å². The van der Waals surface area contributed by atoms with Gasteiger partial charge >= 0.3 is 0 Å². The zero-order valence-corrected chi connectivity index (χ0v) is 15.2. The molecular formula is C18H22FN3O2S. The quantitative estimate of drug-likeness (QED) is 0.908. The van der Waals surface area contributed by atoms with Gasteiger partial charge in [-0.05, 0) is 55.4 Å². The van der Waals surface area contributed by atoms with Crippen molar-refractivity contribution in [2.45, 2.75) is 50.8 Å². The molecule has 0 radical (unpaired) electrons. The molecule has 1 aromatic heterocycles. The molecule has 0 amide bonds. The first kappa shape index (κ1) is 16.7. The predicted octanol–water partition coefficient (Wildman–Crippen LogP) is 3.11. The van der Waals surface area contributed by atoms with Crippen molar-refractivity contribution in [1.29, 1.82) is 0 Å². The first-order chi connectivity index (χ1) is 11.8. The fraction of sp³-hybridized carbons (Fsp3) is 0.500. The summed E-state index contributed by atoms with van der Waals surface area (Å²) in [5, 5.41) is 4.22. The van der Waals surface area contributed by atoms with E-state index in [4.69, 9.17) is 0 Å². The van der Waals surface area contributed by atoms with Crippen LogP contribution in [-0.2, 0) is 16.4 Å². The van der Waals surface area contributed by atoms with Gasteiger partial charge in [0.25, 0.3) is 0 Å². The minimum atomic E-state index is -3.28. The highest BCUT2D eigenvalue weighted by molar-refractivity contribution is 7.90. The van der Waals surface area contributed by atoms with Crippen LogP contribution in [-0.4, -0.2) is 23.4 Å². The maximum Gasteiger partial charge on any atom is 0.215 e. The third kappa shape index (κ3) is 3.22. The lowest BCUT2D eigenvalue weighted by atomic mass is 9.74. The van der Waals surface area contributed by atoms with Crippen molar-refractivity contribution < 1.29 is 12.8 Å². The van der Waals surface area contributed by atoms with Gasteiger partial charge in [0.1, 0.15) is 5.82 Å². The summed E-state index contributed by atoms with van der Waals surface area (Å²) >= 11 is 0. The molecular weight excluding hydrogens is 341 g/mol. The number of rotatable bonds is 4. The lowest BCUT2D eigenvalue weighted by Crippen LogP contribution is -2.38. The monoisotopic (exact) mass is 363 g/mol. The molecule has 1 N–H and O–H groups in total. The number of hydrogen-bond donors (Lipinski definition) is 1. The number of halogens is 1. The van der Waals surface area contributed by atoms with Crippen LogP contribution >= 0.6 is 0 Å². The van der Waals surface area contributed by atoms with Crippen LogP contribution in [0.15, 0.2) is 30.5 Å². The smallest absolute Gasteiger partial charge is 0.215 e. The van der Waals surface area contributed by atoms with Gasteiger partial charge in [-0.3, -0.25) is 0 Å². The van der Waals surface area contributed by atoms with Gasteiger partial charge in [0.2, 0.25) is 10.0 Å². The molecule has 0 spiro atoms. The van der Waals surface area contributed by atoms with Crippen LogP contribution in [0.3, 0.4) is 0 Å². The summed E-state index contributed by atoms with van der Waals surface area (Å²) in [7, 11) is -3.28. The molecule has 1 heterocycles. The van der Waals surface area contributed by atoms with E-state index in [1.165, 1.54) is 12.1 Å². The zero-order chi connectivity index (χ0) is 17.8. The van der Waals surface area contributed by atoms with E-state index in [1.54, 1.807) is 23.0 Å². The second kappa shape index (κ2) is 5.64. The van der Waals surface area contributed by atoms with Crippen LogP contribution in [0.5, 0.6) is 0 Å². The van der Waals surface area contributed by atoms with E-state index in [0.717, 1.165) is 42.6 Å². The van der Waals surface area contributed by atoms with Gasteiger partial charge in [-0.25, -0.2) is 22.2 Å². The largest absolute Gasteiger partial charge is 0.237 e. The van der Waals surface area contributed by atoms with Crippen LogP contribution in [0, 0.1) is 11.2 Å². The summed E-state index contributed by atoms with van der Waals surface area (Å²) in [6.45, 7) is 4.27. The maximum atomic E-state index is 13.2. The topological polar surface area (TPSA) is 64.0 Å². The Morgan fingerprint density at radius 1 is 1.24 bits per heavy atom. The number of nitrogens with zero attached hydrogens (tertiary/aromatic N) is 2. The van der Waals surface area contributed by atoms with Crippen molar-refractivity contribution in [2.75, 3.05) is 0 Å². The zero-order valence-electron chi connectivity index (χ0n) is 14.4. The van der Waals surface area contributed by atoms with Gasteiger partial charge in [0.15, 0.2) is 0 Å². The van der Waals surface area contributed by atoms with E-state index < -0.39 is 10.0 Å². The first-order valence-electron chi connectivity index (χ1n) is 8.59. The minimum Gasteiger partial charge on any atom is -0.237 e. The second-order valence-corrected chi connectivity index (χ2v) is 9.89. The SMILES string of the molecule is CC1(C)Cc2c(cnn2-c2ccc(F)cc2)C(NS(=O)(=O)C2CC2)C1. The standard InChI is InChI=1S/C18H22FN3O2S/c1-18(2)9-16(21-25(23,24)14-7-8-14)15-11-20-22(17(15)10-18)13-5-3-12(19)4-6-13/h3-6,11,14,16,21H,7-10H2,1-2H3. The maximum absolute atomic E-state index is 13.2. The van der Waals surface area contributed by atoms with Gasteiger partial charge in [-0.2, -0.15) is 5.10 Å². The number of aromatic nitrogens is 2. The highest BCUT2D eigenvalue weighted by atomic mass is 32.2. The molecule has 2 aliphatic carbocycles. The lowest BCUT2D eigenvalue weighted by Gasteiger charge is -2.35. The number of sulfonamides is 1. The summed E-state index contributed by atoms with van der Waals surface area (Å²) in [6.07, 6.45) is 4.76. The van der Waals surface area contributed by atoms with Gasteiger partial charge in [0, 0.05) is 11.3 Å². The number of fused-ring (bicyclic) bond motifs is 1. The third-order valence-electron chi connectivity index (χ3n) is 5.02. The molecule has 1 aromatic carbocycles. The molecule has 0 aliphatic heterocycles. The van der Waals surface area contributed by atoms with Crippen molar-refractivity contribution in [1.82, 2.24) is 14.5 Å². The molecule has 2 aliphatic rings. The highest BCUT2D eigenvalue weighted by Crippen LogP contribution is 2.42. The average molecular weight is 363 g/mol. The van der Waals surface area contributed by atoms with E-state index in [1.807, 2.05) is 0 Å². The van der Waals surface area contributed by atoms with E-state index in [9.17, 15) is 12.8 Å². The van der Waals surface area contributed by atoms with Crippen molar-refractivity contribution in [2.24, 2.45) is 5.41 Å². The highest BCUT2D eigenvalue weighted by Gasteiger charge is 2.41. The van der Waals surface area contributed by atoms with Gasteiger partial charge in [-0.15, -0.1) is 0 Å². The normalized spacial score (nSPS) is 22.6. The van der Waals surface area contributed by atoms with Crippen molar-refractivity contribution in [3.63, 3.8) is 0 Å². The number of nitrogens with one attached hydrogen (secondary N) is 1. The minimum absolute atomic E-state index is 0.0540. The Morgan fingerprint density at radius 2 is 1.92 bits per heavy atom. The number of benzene rings is 1. The average Bonchev–Trinajstić information content (AvgIpc) is 3.29. The van der Waals surface area contributed by atoms with Gasteiger partial charge < -0.3 is 0 Å². The van der Waals surface area contributed by atoms with Crippen molar-refractivity contribution in [3.8, 4) is 5.69 Å². The number of hydrogen-bond acceptors (Lipinski definition) is 3. The fourth-order valence-corrected chi connectivity index (χ4v) is 5.18. The Labute approximate surface area is 147 Å². The molecule has 1 fully saturated rings. The van der Waals surface area contributed by atoms with E-state index in [0.29, 0.717) is 0 Å². The lowest BCUT2D eigenvalue weighted by molar-refractivity contribution is 0.268. The van der Waals surface area contributed by atoms with Crippen LogP contribution in [0.2, 0.25) is 0 Å². The Kier molecular flexibility index (Phi) is 3.77. The Morgan fingerprint density at radius 3 is 2.56 bits per heavy atom. The molecule has 4 rings (SSSR count). The Hall–Kier alpha value is -1.73. The molecule has 0 saturated heterocycles. The molecule has 1 saturated carbocycles. The fourth-order valence-electron chi connectivity index (χ4n) is 3.63. The van der Waals surface area contributed by atoms with Gasteiger partial charge in [-0.1, -0.05) is 13.8 Å². The molecule has 1 unspecified atom stereocenters. The third-order valence-corrected chi connectivity index (χ3v) is 6.98. The Bertz CT molecular complexity index is 899. The second-order valence-electron chi connectivity index (χ2n) is 7.89. The Balaban J connectivity index is 1.73. The first-order valence-corrected chi connectivity index (χ1v) is 10.1. The molecule has 1 atom stereocenters. The summed E-state index contributed by atoms with van der Waals surface area (Å²) in [6, 6.07) is 5.93. The molecule has 5 nitrogen and oxygen atoms in total. The molecule has 2 aromatic rings. The summed E-state index contributed by atoms with van der Waals surface area (Å²) < 4.78 is 42.7. The van der Waals surface area contributed by atoms with Crippen LogP contribution in [0.25, 0.3) is 5.69 Å². The van der Waals surface area contributed by atoms with Crippen molar-refractivity contribution in [3.05, 3.63) is 47.5 Å². The molecule has 134 valence electrons. The molecule has 7 heteroatoms. The summed E-state index contributed by atoms with van der Waals surface area (Å²) in [5.74, 6) is -0.292. The predicted molar refractivity (Wildman–Crippen MR) is 93.4 cm³/mol. The van der Waals surface area contributed by atoms with Crippen LogP contribution in [0.1, 0.15) is 50.4 Å². The summed E-state index contributed by atoms with van der Waals surface area (Å²) in [4.78, 5) is 0. The van der Waals surface area contributed by atoms with Crippen LogP contribution < -0.4 is 4.72 Å². The van der Waals surface area contributed by atoms with E-state index in [-0.39, 0.29) is 22.5 Å². The van der Waals surface area contributed by atoms with E-state index in [2.05, 4.69) is 23.7 Å². The van der Waals surface area contributed by atoms with Gasteiger partial charge in [0.05, 0.1) is 23.2 Å². The van der Waals surface area contributed by atoms with Crippen molar-refractivity contribution >= 4 is 10.0 Å². The summed E-state index contributed by atoms with van der Waals surface area (Å²) in [5.41, 5.74) is 2.64. The van der Waals surface area contributed by atoms with Crippen LogP contribution in [0.4, 0.5) is 4.39 Å². The molecule has 25 heavy (non-hydrogen) atoms. The molecule has 0 bridgehead atoms.